The zero-order valence-electron chi connectivity index (χ0n) is 18.2. The Balaban J connectivity index is 1.68. The Labute approximate surface area is 184 Å². The molecule has 2 aromatic carbocycles. The van der Waals surface area contributed by atoms with Gasteiger partial charge in [-0.2, -0.15) is 0 Å². The number of benzene rings is 2. The van der Waals surface area contributed by atoms with Gasteiger partial charge in [0.15, 0.2) is 11.5 Å². The summed E-state index contributed by atoms with van der Waals surface area (Å²) in [6.07, 6.45) is 10.2. The highest BCUT2D eigenvalue weighted by atomic mass is 16.5. The fraction of sp³-hybridized carbons (Fsp3) is 0.370. The Bertz CT molecular complexity index is 950. The predicted octanol–water partition coefficient (Wildman–Crippen LogP) is 5.32. The van der Waals surface area contributed by atoms with Crippen LogP contribution in [0.3, 0.4) is 0 Å². The Morgan fingerprint density at radius 2 is 1.61 bits per heavy atom. The highest BCUT2D eigenvalue weighted by Crippen LogP contribution is 2.37. The van der Waals surface area contributed by atoms with Crippen LogP contribution in [-0.2, 0) is 12.8 Å². The lowest BCUT2D eigenvalue weighted by Gasteiger charge is -2.22. The number of hydrogen-bond acceptors (Lipinski definition) is 4. The SMILES string of the molecule is COc1ccc([C@H](Cc2ccncc2)c2ccc(CCO)cc2)cc1OC1CCCC1. The van der Waals surface area contributed by atoms with Crippen LogP contribution in [0.2, 0.25) is 0 Å². The Hall–Kier alpha value is -2.85. The Morgan fingerprint density at radius 3 is 2.29 bits per heavy atom. The van der Waals surface area contributed by atoms with E-state index in [0.29, 0.717) is 6.42 Å². The monoisotopic (exact) mass is 417 g/mol. The normalized spacial score (nSPS) is 15.0. The average molecular weight is 418 g/mol. The van der Waals surface area contributed by atoms with Gasteiger partial charge in [-0.15, -0.1) is 0 Å². The van der Waals surface area contributed by atoms with Gasteiger partial charge in [-0.25, -0.2) is 0 Å². The molecule has 0 bridgehead atoms. The molecule has 4 rings (SSSR count). The molecule has 0 aliphatic heterocycles. The maximum absolute atomic E-state index is 9.24. The second-order valence-electron chi connectivity index (χ2n) is 8.26. The molecule has 0 saturated heterocycles. The first-order chi connectivity index (χ1) is 15.3. The molecule has 1 fully saturated rings. The highest BCUT2D eigenvalue weighted by molar-refractivity contribution is 5.47. The second-order valence-corrected chi connectivity index (χ2v) is 8.26. The van der Waals surface area contributed by atoms with Crippen LogP contribution in [0, 0.1) is 0 Å². The third kappa shape index (κ3) is 5.45. The van der Waals surface area contributed by atoms with E-state index in [2.05, 4.69) is 53.5 Å². The fourth-order valence-electron chi connectivity index (χ4n) is 4.42. The standard InChI is InChI=1S/C27H31NO3/c1-30-26-11-10-23(19-27(26)31-24-4-2-3-5-24)25(18-21-12-15-28-16-13-21)22-8-6-20(7-9-22)14-17-29/h6-13,15-16,19,24-25,29H,2-5,14,17-18H2,1H3/t25-/m1/s1. The van der Waals surface area contributed by atoms with Crippen molar-refractivity contribution in [3.8, 4) is 11.5 Å². The number of rotatable bonds is 9. The number of aliphatic hydroxyl groups excluding tert-OH is 1. The molecule has 1 aliphatic carbocycles. The third-order valence-electron chi connectivity index (χ3n) is 6.16. The van der Waals surface area contributed by atoms with E-state index in [1.165, 1.54) is 29.5 Å². The quantitative estimate of drug-likeness (QED) is 0.512. The van der Waals surface area contributed by atoms with Gasteiger partial charge in [0.1, 0.15) is 0 Å². The van der Waals surface area contributed by atoms with Crippen molar-refractivity contribution in [2.45, 2.75) is 50.5 Å². The number of hydrogen-bond donors (Lipinski definition) is 1. The molecule has 162 valence electrons. The number of nitrogens with zero attached hydrogens (tertiary/aromatic N) is 1. The van der Waals surface area contributed by atoms with Crippen molar-refractivity contribution >= 4 is 0 Å². The molecule has 0 spiro atoms. The minimum atomic E-state index is 0.167. The van der Waals surface area contributed by atoms with Crippen LogP contribution in [0.4, 0.5) is 0 Å². The van der Waals surface area contributed by atoms with E-state index in [0.717, 1.165) is 36.3 Å². The second kappa shape index (κ2) is 10.5. The van der Waals surface area contributed by atoms with Gasteiger partial charge in [0.05, 0.1) is 13.2 Å². The van der Waals surface area contributed by atoms with Crippen LogP contribution >= 0.6 is 0 Å². The van der Waals surface area contributed by atoms with E-state index < -0.39 is 0 Å². The lowest BCUT2D eigenvalue weighted by Crippen LogP contribution is -2.12. The van der Waals surface area contributed by atoms with Crippen LogP contribution in [0.1, 0.15) is 53.9 Å². The molecule has 0 amide bonds. The first-order valence-electron chi connectivity index (χ1n) is 11.2. The average Bonchev–Trinajstić information content (AvgIpc) is 3.32. The van der Waals surface area contributed by atoms with Gasteiger partial charge in [-0.3, -0.25) is 4.98 Å². The third-order valence-corrected chi connectivity index (χ3v) is 6.16. The molecule has 4 heteroatoms. The Kier molecular flexibility index (Phi) is 7.21. The molecule has 1 N–H and O–H groups in total. The van der Waals surface area contributed by atoms with Crippen LogP contribution < -0.4 is 9.47 Å². The largest absolute Gasteiger partial charge is 0.493 e. The summed E-state index contributed by atoms with van der Waals surface area (Å²) in [5.41, 5.74) is 4.85. The summed E-state index contributed by atoms with van der Waals surface area (Å²) >= 11 is 0. The molecule has 0 unspecified atom stereocenters. The van der Waals surface area contributed by atoms with Gasteiger partial charge in [-0.1, -0.05) is 30.3 Å². The van der Waals surface area contributed by atoms with E-state index in [1.807, 2.05) is 18.5 Å². The minimum absolute atomic E-state index is 0.167. The van der Waals surface area contributed by atoms with Crippen molar-refractivity contribution in [1.29, 1.82) is 0 Å². The van der Waals surface area contributed by atoms with Crippen molar-refractivity contribution in [2.75, 3.05) is 13.7 Å². The van der Waals surface area contributed by atoms with E-state index in [9.17, 15) is 5.11 Å². The van der Waals surface area contributed by atoms with Gasteiger partial charge in [-0.05, 0) is 85.0 Å². The summed E-state index contributed by atoms with van der Waals surface area (Å²) in [4.78, 5) is 4.16. The predicted molar refractivity (Wildman–Crippen MR) is 123 cm³/mol. The van der Waals surface area contributed by atoms with Crippen molar-refractivity contribution in [3.63, 3.8) is 0 Å². The summed E-state index contributed by atoms with van der Waals surface area (Å²) in [5.74, 6) is 1.81. The molecule has 3 aromatic rings. The maximum Gasteiger partial charge on any atom is 0.161 e. The number of aromatic nitrogens is 1. The number of pyridine rings is 1. The van der Waals surface area contributed by atoms with Crippen LogP contribution in [0.5, 0.6) is 11.5 Å². The minimum Gasteiger partial charge on any atom is -0.493 e. The first-order valence-corrected chi connectivity index (χ1v) is 11.2. The molecule has 1 aromatic heterocycles. The van der Waals surface area contributed by atoms with Crippen LogP contribution in [-0.4, -0.2) is 29.9 Å². The van der Waals surface area contributed by atoms with Crippen molar-refractivity contribution in [1.82, 2.24) is 4.98 Å². The van der Waals surface area contributed by atoms with Crippen molar-refractivity contribution in [3.05, 3.63) is 89.2 Å². The lowest BCUT2D eigenvalue weighted by atomic mass is 9.85. The lowest BCUT2D eigenvalue weighted by molar-refractivity contribution is 0.200. The zero-order chi connectivity index (χ0) is 21.5. The molecule has 4 nitrogen and oxygen atoms in total. The van der Waals surface area contributed by atoms with Gasteiger partial charge in [0.2, 0.25) is 0 Å². The first kappa shape index (κ1) is 21.4. The van der Waals surface area contributed by atoms with Gasteiger partial charge in [0, 0.05) is 24.9 Å². The van der Waals surface area contributed by atoms with Crippen LogP contribution in [0.25, 0.3) is 0 Å². The van der Waals surface area contributed by atoms with Gasteiger partial charge in [0.25, 0.3) is 0 Å². The molecule has 1 saturated carbocycles. The fourth-order valence-corrected chi connectivity index (χ4v) is 4.42. The summed E-state index contributed by atoms with van der Waals surface area (Å²) in [5, 5.41) is 9.24. The number of methoxy groups -OCH3 is 1. The van der Waals surface area contributed by atoms with E-state index >= 15 is 0 Å². The van der Waals surface area contributed by atoms with Crippen LogP contribution in [0.15, 0.2) is 67.0 Å². The zero-order valence-corrected chi connectivity index (χ0v) is 18.2. The molecule has 1 aliphatic rings. The summed E-state index contributed by atoms with van der Waals surface area (Å²) in [7, 11) is 1.70. The summed E-state index contributed by atoms with van der Waals surface area (Å²) in [6, 6.07) is 19.1. The Morgan fingerprint density at radius 1 is 0.903 bits per heavy atom. The summed E-state index contributed by atoms with van der Waals surface area (Å²) < 4.78 is 12.0. The summed E-state index contributed by atoms with van der Waals surface area (Å²) in [6.45, 7) is 0.167. The molecular weight excluding hydrogens is 386 g/mol. The van der Waals surface area contributed by atoms with Crippen molar-refractivity contribution in [2.24, 2.45) is 0 Å². The van der Waals surface area contributed by atoms with Gasteiger partial charge < -0.3 is 14.6 Å². The number of aliphatic hydroxyl groups is 1. The van der Waals surface area contributed by atoms with Crippen molar-refractivity contribution < 1.29 is 14.6 Å². The topological polar surface area (TPSA) is 51.6 Å². The molecule has 1 atom stereocenters. The molecular formula is C27H31NO3. The van der Waals surface area contributed by atoms with E-state index in [1.54, 1.807) is 7.11 Å². The molecule has 0 radical (unpaired) electrons. The molecule has 1 heterocycles. The van der Waals surface area contributed by atoms with E-state index in [4.69, 9.17) is 9.47 Å². The smallest absolute Gasteiger partial charge is 0.161 e. The maximum atomic E-state index is 9.24. The van der Waals surface area contributed by atoms with E-state index in [-0.39, 0.29) is 18.6 Å². The number of ether oxygens (including phenoxy) is 2. The van der Waals surface area contributed by atoms with Gasteiger partial charge >= 0.3 is 0 Å². The highest BCUT2D eigenvalue weighted by Gasteiger charge is 2.21. The molecule has 31 heavy (non-hydrogen) atoms.